The third kappa shape index (κ3) is 1.66. The molecule has 2 aromatic rings. The van der Waals surface area contributed by atoms with Gasteiger partial charge in [0.25, 0.3) is 5.56 Å². The number of aryl methyl sites for hydroxylation is 1. The molecule has 1 aliphatic heterocycles. The second-order valence-electron chi connectivity index (χ2n) is 4.03. The summed E-state index contributed by atoms with van der Waals surface area (Å²) in [5, 5.41) is 0. The summed E-state index contributed by atoms with van der Waals surface area (Å²) < 4.78 is 7.08. The average Bonchev–Trinajstić information content (AvgIpc) is 2.75. The highest BCUT2D eigenvalue weighted by molar-refractivity contribution is 5.48. The maximum atomic E-state index is 11.9. The number of H-pyrrole nitrogens is 1. The van der Waals surface area contributed by atoms with Gasteiger partial charge in [-0.1, -0.05) is 0 Å². The third-order valence-electron chi connectivity index (χ3n) is 2.89. The first-order valence-corrected chi connectivity index (χ1v) is 5.42. The molecule has 1 aliphatic rings. The molecule has 0 unspecified atom stereocenters. The minimum atomic E-state index is -0.120. The highest BCUT2D eigenvalue weighted by Gasteiger charge is 2.17. The van der Waals surface area contributed by atoms with E-state index in [1.807, 2.05) is 11.6 Å². The molecule has 0 saturated carbocycles. The lowest BCUT2D eigenvalue weighted by atomic mass is 10.1. The normalized spacial score (nSPS) is 14.6. The van der Waals surface area contributed by atoms with Gasteiger partial charge in [0, 0.05) is 13.5 Å². The monoisotopic (exact) mass is 232 g/mol. The summed E-state index contributed by atoms with van der Waals surface area (Å²) in [6, 6.07) is 0. The molecule has 0 aromatic carbocycles. The molecule has 6 heteroatoms. The van der Waals surface area contributed by atoms with Crippen molar-refractivity contribution in [3.05, 3.63) is 34.1 Å². The van der Waals surface area contributed by atoms with Crippen LogP contribution >= 0.6 is 0 Å². The molecule has 17 heavy (non-hydrogen) atoms. The first kappa shape index (κ1) is 10.2. The molecule has 0 fully saturated rings. The van der Waals surface area contributed by atoms with E-state index in [1.165, 1.54) is 0 Å². The maximum absolute atomic E-state index is 11.9. The Morgan fingerprint density at radius 2 is 2.41 bits per heavy atom. The summed E-state index contributed by atoms with van der Waals surface area (Å²) >= 11 is 0. The number of hydrogen-bond donors (Lipinski definition) is 1. The summed E-state index contributed by atoms with van der Waals surface area (Å²) in [6.45, 7) is 0.970. The topological polar surface area (TPSA) is 72.8 Å². The minimum absolute atomic E-state index is 0.120. The van der Waals surface area contributed by atoms with Gasteiger partial charge in [-0.05, 0) is 0 Å². The van der Waals surface area contributed by atoms with E-state index < -0.39 is 0 Å². The number of ether oxygens (including phenoxy) is 1. The van der Waals surface area contributed by atoms with Crippen LogP contribution in [0.2, 0.25) is 0 Å². The Morgan fingerprint density at radius 3 is 3.18 bits per heavy atom. The van der Waals surface area contributed by atoms with Crippen LogP contribution in [0.4, 0.5) is 0 Å². The quantitative estimate of drug-likeness (QED) is 0.764. The highest BCUT2D eigenvalue weighted by atomic mass is 16.5. The van der Waals surface area contributed by atoms with Crippen LogP contribution in [-0.4, -0.2) is 26.1 Å². The van der Waals surface area contributed by atoms with Gasteiger partial charge in [-0.15, -0.1) is 0 Å². The largest absolute Gasteiger partial charge is 0.376 e. The van der Waals surface area contributed by atoms with E-state index in [2.05, 4.69) is 15.0 Å². The number of fused-ring (bicyclic) bond motifs is 1. The van der Waals surface area contributed by atoms with Gasteiger partial charge in [-0.2, -0.15) is 0 Å². The molecule has 6 nitrogen and oxygen atoms in total. The first-order valence-electron chi connectivity index (χ1n) is 5.42. The predicted octanol–water partition coefficient (Wildman–Crippen LogP) is 0.243. The van der Waals surface area contributed by atoms with Gasteiger partial charge in [0.1, 0.15) is 5.69 Å². The van der Waals surface area contributed by atoms with Crippen LogP contribution in [0, 0.1) is 0 Å². The Kier molecular flexibility index (Phi) is 2.29. The molecule has 3 heterocycles. The Balaban J connectivity index is 2.17. The Labute approximate surface area is 97.3 Å². The fraction of sp³-hybridized carbons (Fsp3) is 0.364. The van der Waals surface area contributed by atoms with Crippen LogP contribution in [0.25, 0.3) is 11.5 Å². The van der Waals surface area contributed by atoms with Crippen LogP contribution in [0.15, 0.2) is 17.3 Å². The molecule has 0 atom stereocenters. The molecule has 3 rings (SSSR count). The third-order valence-corrected chi connectivity index (χ3v) is 2.89. The van der Waals surface area contributed by atoms with Crippen molar-refractivity contribution in [2.75, 3.05) is 6.61 Å². The molecule has 88 valence electrons. The van der Waals surface area contributed by atoms with E-state index in [0.717, 1.165) is 11.4 Å². The van der Waals surface area contributed by atoms with E-state index >= 15 is 0 Å². The lowest BCUT2D eigenvalue weighted by Crippen LogP contribution is -2.24. The highest BCUT2D eigenvalue weighted by Crippen LogP contribution is 2.16. The van der Waals surface area contributed by atoms with Gasteiger partial charge < -0.3 is 14.3 Å². The number of hydrogen-bond acceptors (Lipinski definition) is 4. The van der Waals surface area contributed by atoms with Crippen molar-refractivity contribution in [3.8, 4) is 11.5 Å². The first-order chi connectivity index (χ1) is 8.25. The SMILES string of the molecule is Cn1cncc1-c1nc2c(c(=O)[nH]1)COCC2. The zero-order valence-electron chi connectivity index (χ0n) is 9.43. The lowest BCUT2D eigenvalue weighted by Gasteiger charge is -2.15. The van der Waals surface area contributed by atoms with Crippen molar-refractivity contribution >= 4 is 0 Å². The molecule has 1 N–H and O–H groups in total. The van der Waals surface area contributed by atoms with E-state index in [4.69, 9.17) is 4.74 Å². The van der Waals surface area contributed by atoms with Crippen LogP contribution in [0.3, 0.4) is 0 Å². The number of nitrogens with one attached hydrogen (secondary N) is 1. The summed E-state index contributed by atoms with van der Waals surface area (Å²) in [7, 11) is 1.87. The van der Waals surface area contributed by atoms with Crippen molar-refractivity contribution < 1.29 is 4.74 Å². The van der Waals surface area contributed by atoms with Crippen molar-refractivity contribution in [3.63, 3.8) is 0 Å². The van der Waals surface area contributed by atoms with Crippen LogP contribution < -0.4 is 5.56 Å². The number of aromatic nitrogens is 4. The molecule has 0 amide bonds. The van der Waals surface area contributed by atoms with Crippen LogP contribution in [0.1, 0.15) is 11.3 Å². The Hall–Kier alpha value is -1.95. The van der Waals surface area contributed by atoms with E-state index in [1.54, 1.807) is 12.5 Å². The van der Waals surface area contributed by atoms with Gasteiger partial charge in [0.2, 0.25) is 0 Å². The van der Waals surface area contributed by atoms with Crippen molar-refractivity contribution in [1.82, 2.24) is 19.5 Å². The summed E-state index contributed by atoms with van der Waals surface area (Å²) in [6.07, 6.45) is 4.05. The predicted molar refractivity (Wildman–Crippen MR) is 60.4 cm³/mol. The van der Waals surface area contributed by atoms with Crippen molar-refractivity contribution in [1.29, 1.82) is 0 Å². The maximum Gasteiger partial charge on any atom is 0.256 e. The Morgan fingerprint density at radius 1 is 1.53 bits per heavy atom. The molecular formula is C11H12N4O2. The molecule has 0 spiro atoms. The molecule has 0 aliphatic carbocycles. The molecule has 2 aromatic heterocycles. The number of aromatic amines is 1. The lowest BCUT2D eigenvalue weighted by molar-refractivity contribution is 0.108. The fourth-order valence-corrected chi connectivity index (χ4v) is 1.95. The van der Waals surface area contributed by atoms with Gasteiger partial charge in [-0.25, -0.2) is 9.97 Å². The minimum Gasteiger partial charge on any atom is -0.376 e. The van der Waals surface area contributed by atoms with Crippen LogP contribution in [-0.2, 0) is 24.8 Å². The number of rotatable bonds is 1. The van der Waals surface area contributed by atoms with Crippen molar-refractivity contribution in [2.24, 2.45) is 7.05 Å². The second kappa shape index (κ2) is 3.81. The number of nitrogens with zero attached hydrogens (tertiary/aromatic N) is 3. The molecule has 0 bridgehead atoms. The summed E-state index contributed by atoms with van der Waals surface area (Å²) in [4.78, 5) is 23.2. The van der Waals surface area contributed by atoms with Gasteiger partial charge in [0.05, 0.1) is 37.0 Å². The smallest absolute Gasteiger partial charge is 0.256 e. The standard InChI is InChI=1S/C11H12N4O2/c1-15-6-12-4-9(15)10-13-8-2-3-17-5-7(8)11(16)14-10/h4,6H,2-3,5H2,1H3,(H,13,14,16). The zero-order valence-corrected chi connectivity index (χ0v) is 9.43. The summed E-state index contributed by atoms with van der Waals surface area (Å²) in [5.41, 5.74) is 2.15. The second-order valence-corrected chi connectivity index (χ2v) is 4.03. The Bertz CT molecular complexity index is 614. The average molecular weight is 232 g/mol. The molecular weight excluding hydrogens is 220 g/mol. The summed E-state index contributed by atoms with van der Waals surface area (Å²) in [5.74, 6) is 0.565. The van der Waals surface area contributed by atoms with E-state index in [-0.39, 0.29) is 5.56 Å². The molecule has 0 saturated heterocycles. The van der Waals surface area contributed by atoms with Gasteiger partial charge >= 0.3 is 0 Å². The number of imidazole rings is 1. The zero-order chi connectivity index (χ0) is 11.8. The van der Waals surface area contributed by atoms with Gasteiger partial charge in [-0.3, -0.25) is 4.79 Å². The fourth-order valence-electron chi connectivity index (χ4n) is 1.95. The van der Waals surface area contributed by atoms with E-state index in [0.29, 0.717) is 31.0 Å². The molecule has 0 radical (unpaired) electrons. The van der Waals surface area contributed by atoms with Crippen LogP contribution in [0.5, 0.6) is 0 Å². The van der Waals surface area contributed by atoms with Gasteiger partial charge in [0.15, 0.2) is 5.82 Å². The van der Waals surface area contributed by atoms with Crippen molar-refractivity contribution in [2.45, 2.75) is 13.0 Å². The van der Waals surface area contributed by atoms with E-state index in [9.17, 15) is 4.79 Å².